The summed E-state index contributed by atoms with van der Waals surface area (Å²) >= 11 is 0. The predicted octanol–water partition coefficient (Wildman–Crippen LogP) is 2.96. The molecule has 18 heavy (non-hydrogen) atoms. The highest BCUT2D eigenvalue weighted by Crippen LogP contribution is 2.32. The number of carbonyl (C=O) groups is 1. The number of benzene rings is 1. The van der Waals surface area contributed by atoms with E-state index < -0.39 is 23.0 Å². The number of nitro benzene ring substituents is 1. The summed E-state index contributed by atoms with van der Waals surface area (Å²) < 4.78 is 28.4. The van der Waals surface area contributed by atoms with Gasteiger partial charge in [0.2, 0.25) is 5.75 Å². The Morgan fingerprint density at radius 3 is 2.50 bits per heavy atom. The van der Waals surface area contributed by atoms with Crippen LogP contribution in [-0.4, -0.2) is 17.3 Å². The van der Waals surface area contributed by atoms with Crippen LogP contribution in [0.5, 0.6) is 5.75 Å². The number of hydrogen-bond acceptors (Lipinski definition) is 4. The molecule has 0 aliphatic heterocycles. The van der Waals surface area contributed by atoms with Crippen molar-refractivity contribution in [2.45, 2.75) is 26.9 Å². The molecule has 0 fully saturated rings. The van der Waals surface area contributed by atoms with Gasteiger partial charge in [0.1, 0.15) is 0 Å². The van der Waals surface area contributed by atoms with Crippen molar-refractivity contribution < 1.29 is 23.2 Å². The number of rotatable bonds is 5. The molecule has 1 rings (SSSR count). The smallest absolute Gasteiger partial charge is 0.387 e. The summed E-state index contributed by atoms with van der Waals surface area (Å²) in [4.78, 5) is 21.3. The molecule has 1 aromatic rings. The largest absolute Gasteiger partial charge is 0.427 e. The van der Waals surface area contributed by atoms with Crippen molar-refractivity contribution in [3.05, 3.63) is 33.4 Å². The van der Waals surface area contributed by atoms with Crippen LogP contribution >= 0.6 is 0 Å². The van der Waals surface area contributed by atoms with E-state index in [2.05, 4.69) is 4.74 Å². The maximum absolute atomic E-state index is 12.1. The van der Waals surface area contributed by atoms with Crippen LogP contribution in [0, 0.1) is 10.1 Å². The molecule has 0 aliphatic rings. The molecule has 7 heteroatoms. The monoisotopic (exact) mass is 259 g/mol. The van der Waals surface area contributed by atoms with Crippen molar-refractivity contribution in [3.8, 4) is 5.75 Å². The summed E-state index contributed by atoms with van der Waals surface area (Å²) in [6.07, 6.45) is 0.380. The molecule has 0 aliphatic carbocycles. The minimum atomic E-state index is -3.18. The van der Waals surface area contributed by atoms with Gasteiger partial charge >= 0.3 is 12.3 Å². The fourth-order valence-corrected chi connectivity index (χ4v) is 1.56. The number of Topliss-reactive ketones (excluding diaryl/α,β-unsaturated/α-hetero) is 1. The van der Waals surface area contributed by atoms with Gasteiger partial charge < -0.3 is 4.74 Å². The number of halogens is 2. The Morgan fingerprint density at radius 1 is 1.50 bits per heavy atom. The fraction of sp³-hybridized carbons (Fsp3) is 0.364. The van der Waals surface area contributed by atoms with E-state index in [1.165, 1.54) is 6.92 Å². The summed E-state index contributed by atoms with van der Waals surface area (Å²) in [7, 11) is 0. The molecule has 0 saturated carbocycles. The van der Waals surface area contributed by atoms with Crippen molar-refractivity contribution in [2.75, 3.05) is 0 Å². The molecule has 0 aromatic heterocycles. The predicted molar refractivity (Wildman–Crippen MR) is 59.1 cm³/mol. The molecule has 0 saturated heterocycles. The Labute approximate surface area is 102 Å². The Hall–Kier alpha value is -2.05. The number of hydrogen-bond donors (Lipinski definition) is 0. The lowest BCUT2D eigenvalue weighted by molar-refractivity contribution is -0.386. The summed E-state index contributed by atoms with van der Waals surface area (Å²) in [6.45, 7) is -0.220. The van der Waals surface area contributed by atoms with Crippen LogP contribution in [0.1, 0.15) is 29.8 Å². The molecule has 0 N–H and O–H groups in total. The minimum absolute atomic E-state index is 0.152. The zero-order valence-corrected chi connectivity index (χ0v) is 9.78. The van der Waals surface area contributed by atoms with E-state index in [1.807, 2.05) is 0 Å². The van der Waals surface area contributed by atoms with Crippen molar-refractivity contribution in [3.63, 3.8) is 0 Å². The van der Waals surface area contributed by atoms with Crippen LogP contribution in [0.3, 0.4) is 0 Å². The number of ether oxygens (including phenoxy) is 1. The van der Waals surface area contributed by atoms with Crippen LogP contribution in [0.4, 0.5) is 14.5 Å². The summed E-state index contributed by atoms with van der Waals surface area (Å²) in [5.41, 5.74) is 0.00622. The second-order valence-electron chi connectivity index (χ2n) is 3.52. The third-order valence-electron chi connectivity index (χ3n) is 2.36. The van der Waals surface area contributed by atoms with Crippen LogP contribution < -0.4 is 4.74 Å². The van der Waals surface area contributed by atoms with Gasteiger partial charge in [0.15, 0.2) is 5.78 Å². The molecule has 98 valence electrons. The van der Waals surface area contributed by atoms with E-state index in [0.717, 1.165) is 12.1 Å². The molecule has 1 aromatic carbocycles. The SMILES string of the molecule is CCc1cc([N+](=O)[O-])c(OC(F)F)cc1C(C)=O. The average molecular weight is 259 g/mol. The Kier molecular flexibility index (Phi) is 4.30. The fourth-order valence-electron chi connectivity index (χ4n) is 1.56. The zero-order chi connectivity index (χ0) is 13.9. The molecule has 0 amide bonds. The molecular formula is C11H11F2NO4. The zero-order valence-electron chi connectivity index (χ0n) is 9.78. The first-order valence-electron chi connectivity index (χ1n) is 5.13. The molecule has 0 unspecified atom stereocenters. The standard InChI is InChI=1S/C11H11F2NO4/c1-3-7-4-9(14(16)17)10(18-11(12)13)5-8(7)6(2)15/h4-5,11H,3H2,1-2H3. The molecule has 0 radical (unpaired) electrons. The highest BCUT2D eigenvalue weighted by atomic mass is 19.3. The highest BCUT2D eigenvalue weighted by molar-refractivity contribution is 5.96. The van der Waals surface area contributed by atoms with Gasteiger partial charge in [-0.3, -0.25) is 14.9 Å². The number of ketones is 1. The Bertz CT molecular complexity index is 488. The molecule has 0 bridgehead atoms. The van der Waals surface area contributed by atoms with E-state index in [-0.39, 0.29) is 11.3 Å². The second kappa shape index (κ2) is 5.52. The quantitative estimate of drug-likeness (QED) is 0.463. The van der Waals surface area contributed by atoms with Gasteiger partial charge in [0.25, 0.3) is 0 Å². The summed E-state index contributed by atoms with van der Waals surface area (Å²) in [5.74, 6) is -0.960. The van der Waals surface area contributed by atoms with Gasteiger partial charge in [0.05, 0.1) is 4.92 Å². The van der Waals surface area contributed by atoms with Crippen molar-refractivity contribution in [2.24, 2.45) is 0 Å². The van der Waals surface area contributed by atoms with E-state index in [1.54, 1.807) is 6.92 Å². The highest BCUT2D eigenvalue weighted by Gasteiger charge is 2.22. The first-order chi connectivity index (χ1) is 8.36. The second-order valence-corrected chi connectivity index (χ2v) is 3.52. The summed E-state index contributed by atoms with van der Waals surface area (Å²) in [5, 5.41) is 10.7. The molecular weight excluding hydrogens is 248 g/mol. The van der Waals surface area contributed by atoms with Gasteiger partial charge in [0, 0.05) is 11.6 Å². The lowest BCUT2D eigenvalue weighted by Crippen LogP contribution is -2.08. The number of alkyl halides is 2. The van der Waals surface area contributed by atoms with E-state index in [0.29, 0.717) is 12.0 Å². The third-order valence-corrected chi connectivity index (χ3v) is 2.36. The first-order valence-corrected chi connectivity index (χ1v) is 5.13. The van der Waals surface area contributed by atoms with E-state index >= 15 is 0 Å². The maximum Gasteiger partial charge on any atom is 0.387 e. The van der Waals surface area contributed by atoms with Crippen LogP contribution in [0.25, 0.3) is 0 Å². The Morgan fingerprint density at radius 2 is 2.11 bits per heavy atom. The molecule has 5 nitrogen and oxygen atoms in total. The van der Waals surface area contributed by atoms with Crippen LogP contribution in [0.2, 0.25) is 0 Å². The van der Waals surface area contributed by atoms with Crippen molar-refractivity contribution >= 4 is 11.5 Å². The van der Waals surface area contributed by atoms with Gasteiger partial charge in [-0.05, 0) is 25.0 Å². The molecule has 0 heterocycles. The molecule has 0 spiro atoms. The number of carbonyl (C=O) groups excluding carboxylic acids is 1. The minimum Gasteiger partial charge on any atom is -0.427 e. The van der Waals surface area contributed by atoms with E-state index in [4.69, 9.17) is 0 Å². The topological polar surface area (TPSA) is 69.4 Å². The lowest BCUT2D eigenvalue weighted by Gasteiger charge is -2.10. The lowest BCUT2D eigenvalue weighted by atomic mass is 10.0. The van der Waals surface area contributed by atoms with E-state index in [9.17, 15) is 23.7 Å². The Balaban J connectivity index is 3.42. The number of nitrogens with zero attached hydrogens (tertiary/aromatic N) is 1. The van der Waals surface area contributed by atoms with Crippen LogP contribution in [0.15, 0.2) is 12.1 Å². The summed E-state index contributed by atoms with van der Waals surface area (Å²) in [6, 6.07) is 2.08. The molecule has 0 atom stereocenters. The number of aryl methyl sites for hydroxylation is 1. The van der Waals surface area contributed by atoms with Crippen LogP contribution in [-0.2, 0) is 6.42 Å². The van der Waals surface area contributed by atoms with Gasteiger partial charge in [-0.25, -0.2) is 0 Å². The van der Waals surface area contributed by atoms with Gasteiger partial charge in [-0.1, -0.05) is 6.92 Å². The number of nitro groups is 1. The normalized spacial score (nSPS) is 10.5. The van der Waals surface area contributed by atoms with Crippen molar-refractivity contribution in [1.82, 2.24) is 0 Å². The first kappa shape index (κ1) is 14.0. The van der Waals surface area contributed by atoms with Crippen molar-refractivity contribution in [1.29, 1.82) is 0 Å². The third kappa shape index (κ3) is 2.99. The van der Waals surface area contributed by atoms with Gasteiger partial charge in [-0.15, -0.1) is 0 Å². The van der Waals surface area contributed by atoms with Gasteiger partial charge in [-0.2, -0.15) is 8.78 Å². The average Bonchev–Trinajstić information content (AvgIpc) is 2.27. The maximum atomic E-state index is 12.1.